The molecule has 0 aromatic carbocycles. The minimum absolute atomic E-state index is 0.444. The highest BCUT2D eigenvalue weighted by molar-refractivity contribution is 6.29. The van der Waals surface area contributed by atoms with Gasteiger partial charge in [-0.3, -0.25) is 0 Å². The SMILES string of the molecule is Clc1cnc(N2C3CCC2COC3)cn1. The van der Waals surface area contributed by atoms with Crippen molar-refractivity contribution >= 4 is 17.4 Å². The number of anilines is 1. The van der Waals surface area contributed by atoms with Gasteiger partial charge in [0.2, 0.25) is 0 Å². The second-order valence-electron chi connectivity index (χ2n) is 4.03. The van der Waals surface area contributed by atoms with Gasteiger partial charge in [0.1, 0.15) is 11.0 Å². The van der Waals surface area contributed by atoms with Crippen molar-refractivity contribution < 1.29 is 4.74 Å². The predicted molar refractivity (Wildman–Crippen MR) is 57.2 cm³/mol. The molecule has 80 valence electrons. The predicted octanol–water partition coefficient (Wildman–Crippen LogP) is 1.50. The average Bonchev–Trinajstić information content (AvgIpc) is 2.51. The fourth-order valence-electron chi connectivity index (χ4n) is 2.44. The molecule has 1 aromatic heterocycles. The normalized spacial score (nSPS) is 29.5. The standard InChI is InChI=1S/C10H12ClN3O/c11-9-3-13-10(4-12-9)14-7-1-2-8(14)6-15-5-7/h3-4,7-8H,1-2,5-6H2. The topological polar surface area (TPSA) is 38.2 Å². The van der Waals surface area contributed by atoms with Crippen molar-refractivity contribution in [1.82, 2.24) is 9.97 Å². The molecule has 2 bridgehead atoms. The molecule has 2 aliphatic rings. The van der Waals surface area contributed by atoms with Crippen molar-refractivity contribution in [1.29, 1.82) is 0 Å². The highest BCUT2D eigenvalue weighted by Gasteiger charge is 2.38. The third kappa shape index (κ3) is 1.58. The quantitative estimate of drug-likeness (QED) is 0.726. The Morgan fingerprint density at radius 1 is 1.20 bits per heavy atom. The van der Waals surface area contributed by atoms with Crippen LogP contribution in [0.4, 0.5) is 5.82 Å². The van der Waals surface area contributed by atoms with E-state index in [4.69, 9.17) is 16.3 Å². The van der Waals surface area contributed by atoms with Gasteiger partial charge in [0, 0.05) is 0 Å². The van der Waals surface area contributed by atoms with E-state index in [0.717, 1.165) is 19.0 Å². The molecule has 0 aliphatic carbocycles. The summed E-state index contributed by atoms with van der Waals surface area (Å²) in [5, 5.41) is 0.444. The van der Waals surface area contributed by atoms with Gasteiger partial charge in [0.25, 0.3) is 0 Å². The van der Waals surface area contributed by atoms with E-state index in [2.05, 4.69) is 14.9 Å². The van der Waals surface area contributed by atoms with E-state index < -0.39 is 0 Å². The maximum atomic E-state index is 5.72. The van der Waals surface area contributed by atoms with Gasteiger partial charge in [0.05, 0.1) is 37.7 Å². The summed E-state index contributed by atoms with van der Waals surface area (Å²) >= 11 is 5.72. The van der Waals surface area contributed by atoms with Crippen LogP contribution in [0.25, 0.3) is 0 Å². The lowest BCUT2D eigenvalue weighted by Gasteiger charge is -2.35. The summed E-state index contributed by atoms with van der Waals surface area (Å²) < 4.78 is 5.52. The Morgan fingerprint density at radius 2 is 1.93 bits per heavy atom. The Bertz CT molecular complexity index is 340. The van der Waals surface area contributed by atoms with E-state index in [0.29, 0.717) is 17.2 Å². The molecule has 0 amide bonds. The summed E-state index contributed by atoms with van der Waals surface area (Å²) in [6.45, 7) is 1.61. The minimum Gasteiger partial charge on any atom is -0.377 e. The Morgan fingerprint density at radius 3 is 2.53 bits per heavy atom. The molecule has 15 heavy (non-hydrogen) atoms. The first kappa shape index (κ1) is 9.36. The fourth-order valence-corrected chi connectivity index (χ4v) is 2.54. The van der Waals surface area contributed by atoms with Gasteiger partial charge >= 0.3 is 0 Å². The fraction of sp³-hybridized carbons (Fsp3) is 0.600. The number of ether oxygens (including phenoxy) is 1. The lowest BCUT2D eigenvalue weighted by Crippen LogP contribution is -2.46. The molecule has 0 radical (unpaired) electrons. The lowest BCUT2D eigenvalue weighted by molar-refractivity contribution is 0.0902. The number of fused-ring (bicyclic) bond motifs is 2. The molecule has 2 saturated heterocycles. The first-order valence-electron chi connectivity index (χ1n) is 5.18. The number of morpholine rings is 1. The zero-order valence-corrected chi connectivity index (χ0v) is 9.02. The van der Waals surface area contributed by atoms with Crippen molar-refractivity contribution in [2.45, 2.75) is 24.9 Å². The highest BCUT2D eigenvalue weighted by atomic mass is 35.5. The first-order valence-corrected chi connectivity index (χ1v) is 5.56. The summed E-state index contributed by atoms with van der Waals surface area (Å²) in [4.78, 5) is 10.7. The van der Waals surface area contributed by atoms with Crippen LogP contribution in [0.5, 0.6) is 0 Å². The Balaban J connectivity index is 1.90. The van der Waals surface area contributed by atoms with Crippen LogP contribution in [-0.2, 0) is 4.74 Å². The maximum absolute atomic E-state index is 5.72. The second-order valence-corrected chi connectivity index (χ2v) is 4.41. The van der Waals surface area contributed by atoms with Gasteiger partial charge in [0.15, 0.2) is 0 Å². The molecule has 3 rings (SSSR count). The van der Waals surface area contributed by atoms with E-state index in [1.807, 2.05) is 0 Å². The van der Waals surface area contributed by atoms with Crippen LogP contribution in [0.15, 0.2) is 12.4 Å². The molecule has 2 fully saturated rings. The smallest absolute Gasteiger partial charge is 0.147 e. The van der Waals surface area contributed by atoms with Crippen LogP contribution in [-0.4, -0.2) is 35.3 Å². The largest absolute Gasteiger partial charge is 0.377 e. The van der Waals surface area contributed by atoms with Crippen LogP contribution in [0.3, 0.4) is 0 Å². The lowest BCUT2D eigenvalue weighted by atomic mass is 10.2. The van der Waals surface area contributed by atoms with Crippen molar-refractivity contribution in [2.24, 2.45) is 0 Å². The summed E-state index contributed by atoms with van der Waals surface area (Å²) in [6, 6.07) is 0.943. The van der Waals surface area contributed by atoms with Gasteiger partial charge in [-0.2, -0.15) is 0 Å². The molecule has 5 heteroatoms. The Labute approximate surface area is 93.2 Å². The summed E-state index contributed by atoms with van der Waals surface area (Å²) in [7, 11) is 0. The third-order valence-electron chi connectivity index (χ3n) is 3.11. The molecule has 2 atom stereocenters. The first-order chi connectivity index (χ1) is 7.34. The summed E-state index contributed by atoms with van der Waals surface area (Å²) in [5.41, 5.74) is 0. The van der Waals surface area contributed by atoms with E-state index in [1.54, 1.807) is 12.4 Å². The van der Waals surface area contributed by atoms with Crippen LogP contribution >= 0.6 is 11.6 Å². The molecular weight excluding hydrogens is 214 g/mol. The molecule has 2 aliphatic heterocycles. The van der Waals surface area contributed by atoms with Gasteiger partial charge in [-0.25, -0.2) is 9.97 Å². The molecule has 0 saturated carbocycles. The Kier molecular flexibility index (Phi) is 2.25. The van der Waals surface area contributed by atoms with Crippen molar-refractivity contribution in [2.75, 3.05) is 18.1 Å². The molecule has 2 unspecified atom stereocenters. The van der Waals surface area contributed by atoms with Crippen LogP contribution in [0, 0.1) is 0 Å². The zero-order chi connectivity index (χ0) is 10.3. The van der Waals surface area contributed by atoms with Gasteiger partial charge in [-0.1, -0.05) is 11.6 Å². The van der Waals surface area contributed by atoms with Gasteiger partial charge in [-0.05, 0) is 12.8 Å². The number of halogens is 1. The molecule has 0 N–H and O–H groups in total. The van der Waals surface area contributed by atoms with Crippen LogP contribution in [0.1, 0.15) is 12.8 Å². The zero-order valence-electron chi connectivity index (χ0n) is 8.27. The Hall–Kier alpha value is -0.870. The molecular formula is C10H12ClN3O. The summed E-state index contributed by atoms with van der Waals surface area (Å²) in [5.74, 6) is 0.926. The molecule has 4 nitrogen and oxygen atoms in total. The molecule has 0 spiro atoms. The second kappa shape index (κ2) is 3.61. The maximum Gasteiger partial charge on any atom is 0.147 e. The van der Waals surface area contributed by atoms with Crippen molar-refractivity contribution in [3.8, 4) is 0 Å². The summed E-state index contributed by atoms with van der Waals surface area (Å²) in [6.07, 6.45) is 5.73. The number of nitrogens with zero attached hydrogens (tertiary/aromatic N) is 3. The number of hydrogen-bond donors (Lipinski definition) is 0. The van der Waals surface area contributed by atoms with E-state index in [-0.39, 0.29) is 0 Å². The van der Waals surface area contributed by atoms with Gasteiger partial charge in [-0.15, -0.1) is 0 Å². The number of hydrogen-bond acceptors (Lipinski definition) is 4. The average molecular weight is 226 g/mol. The van der Waals surface area contributed by atoms with E-state index in [9.17, 15) is 0 Å². The number of rotatable bonds is 1. The van der Waals surface area contributed by atoms with E-state index >= 15 is 0 Å². The van der Waals surface area contributed by atoms with Crippen molar-refractivity contribution in [3.63, 3.8) is 0 Å². The number of aromatic nitrogens is 2. The third-order valence-corrected chi connectivity index (χ3v) is 3.31. The van der Waals surface area contributed by atoms with Crippen LogP contribution < -0.4 is 4.90 Å². The van der Waals surface area contributed by atoms with Gasteiger partial charge < -0.3 is 9.64 Å². The van der Waals surface area contributed by atoms with Crippen LogP contribution in [0.2, 0.25) is 5.15 Å². The highest BCUT2D eigenvalue weighted by Crippen LogP contribution is 2.32. The minimum atomic E-state index is 0.444. The molecule has 1 aromatic rings. The molecule has 3 heterocycles. The monoisotopic (exact) mass is 225 g/mol. The van der Waals surface area contributed by atoms with E-state index in [1.165, 1.54) is 12.8 Å². The van der Waals surface area contributed by atoms with Crippen molar-refractivity contribution in [3.05, 3.63) is 17.5 Å².